The van der Waals surface area contributed by atoms with Crippen LogP contribution in [0.4, 0.5) is 5.69 Å². The summed E-state index contributed by atoms with van der Waals surface area (Å²) in [6.07, 6.45) is 0. The maximum absolute atomic E-state index is 13.0. The molecule has 0 aliphatic carbocycles. The molecule has 0 unspecified atom stereocenters. The lowest BCUT2D eigenvalue weighted by molar-refractivity contribution is 0.103. The quantitative estimate of drug-likeness (QED) is 0.492. The minimum atomic E-state index is -3.84. The Morgan fingerprint density at radius 2 is 1.53 bits per heavy atom. The lowest BCUT2D eigenvalue weighted by atomic mass is 9.86. The molecule has 168 valence electrons. The number of benzene rings is 3. The van der Waals surface area contributed by atoms with Crippen LogP contribution in [0.3, 0.4) is 0 Å². The van der Waals surface area contributed by atoms with Crippen molar-refractivity contribution in [2.75, 3.05) is 11.8 Å². The first-order valence-electron chi connectivity index (χ1n) is 10.4. The van der Waals surface area contributed by atoms with Crippen LogP contribution in [0, 0.1) is 13.8 Å². The zero-order valence-corrected chi connectivity index (χ0v) is 20.1. The molecule has 5 nitrogen and oxygen atoms in total. The molecule has 0 saturated carbocycles. The molecular formula is C26H29NO4S. The first-order valence-corrected chi connectivity index (χ1v) is 11.8. The molecule has 3 aromatic carbocycles. The fourth-order valence-corrected chi connectivity index (χ4v) is 4.86. The number of anilines is 1. The van der Waals surface area contributed by atoms with E-state index in [1.807, 2.05) is 31.2 Å². The summed E-state index contributed by atoms with van der Waals surface area (Å²) >= 11 is 0. The first kappa shape index (κ1) is 23.5. The smallest absolute Gasteiger partial charge is 0.262 e. The maximum Gasteiger partial charge on any atom is 0.262 e. The summed E-state index contributed by atoms with van der Waals surface area (Å²) in [5.41, 5.74) is 3.81. The zero-order valence-electron chi connectivity index (χ0n) is 19.3. The maximum atomic E-state index is 13.0. The Labute approximate surface area is 190 Å². The van der Waals surface area contributed by atoms with Crippen molar-refractivity contribution in [3.05, 3.63) is 88.5 Å². The highest BCUT2D eigenvalue weighted by molar-refractivity contribution is 7.92. The molecule has 0 spiro atoms. The zero-order chi connectivity index (χ0) is 23.7. The van der Waals surface area contributed by atoms with Gasteiger partial charge in [-0.1, -0.05) is 57.2 Å². The Hall–Kier alpha value is -3.12. The van der Waals surface area contributed by atoms with Crippen molar-refractivity contribution in [3.63, 3.8) is 0 Å². The molecule has 0 aliphatic heterocycles. The van der Waals surface area contributed by atoms with Crippen LogP contribution < -0.4 is 9.46 Å². The van der Waals surface area contributed by atoms with Crippen LogP contribution >= 0.6 is 0 Å². The SMILES string of the molecule is COc1ccc(S(=O)(=O)Nc2cccc(C(=O)c3ccc(C(C)(C)C)cc3)c2)c(C)c1C. The molecule has 0 saturated heterocycles. The summed E-state index contributed by atoms with van der Waals surface area (Å²) in [5, 5.41) is 0. The fourth-order valence-electron chi connectivity index (χ4n) is 3.51. The van der Waals surface area contributed by atoms with Gasteiger partial charge in [-0.2, -0.15) is 0 Å². The van der Waals surface area contributed by atoms with Gasteiger partial charge in [-0.05, 0) is 60.2 Å². The van der Waals surface area contributed by atoms with Gasteiger partial charge in [-0.3, -0.25) is 9.52 Å². The van der Waals surface area contributed by atoms with Crippen LogP contribution in [-0.4, -0.2) is 21.3 Å². The van der Waals surface area contributed by atoms with E-state index in [4.69, 9.17) is 4.74 Å². The molecule has 0 fully saturated rings. The van der Waals surface area contributed by atoms with Crippen LogP contribution in [0.15, 0.2) is 65.6 Å². The van der Waals surface area contributed by atoms with Crippen molar-refractivity contribution in [2.24, 2.45) is 0 Å². The molecule has 0 bridgehead atoms. The number of rotatable bonds is 6. The molecule has 3 rings (SSSR count). The molecule has 1 N–H and O–H groups in total. The number of carbonyl (C=O) groups is 1. The lowest BCUT2D eigenvalue weighted by Gasteiger charge is -2.19. The number of ether oxygens (including phenoxy) is 1. The van der Waals surface area contributed by atoms with Crippen molar-refractivity contribution in [2.45, 2.75) is 44.9 Å². The Bertz CT molecular complexity index is 1250. The summed E-state index contributed by atoms with van der Waals surface area (Å²) < 4.78 is 33.9. The average Bonchev–Trinajstić information content (AvgIpc) is 2.74. The Balaban J connectivity index is 1.88. The second kappa shape index (κ2) is 8.79. The third kappa shape index (κ3) is 4.86. The van der Waals surface area contributed by atoms with Gasteiger partial charge in [0.05, 0.1) is 12.0 Å². The molecule has 0 radical (unpaired) electrons. The summed E-state index contributed by atoms with van der Waals surface area (Å²) in [4.78, 5) is 13.1. The molecule has 3 aromatic rings. The van der Waals surface area contributed by atoms with Gasteiger partial charge in [0.25, 0.3) is 10.0 Å². The number of hydrogen-bond donors (Lipinski definition) is 1. The van der Waals surface area contributed by atoms with Crippen LogP contribution in [0.25, 0.3) is 0 Å². The second-order valence-electron chi connectivity index (χ2n) is 8.86. The molecular weight excluding hydrogens is 422 g/mol. The summed E-state index contributed by atoms with van der Waals surface area (Å²) in [6.45, 7) is 9.91. The van der Waals surface area contributed by atoms with Gasteiger partial charge in [0, 0.05) is 16.8 Å². The topological polar surface area (TPSA) is 72.5 Å². The van der Waals surface area contributed by atoms with Crippen LogP contribution in [-0.2, 0) is 15.4 Å². The van der Waals surface area contributed by atoms with E-state index in [2.05, 4.69) is 25.5 Å². The second-order valence-corrected chi connectivity index (χ2v) is 10.5. The van der Waals surface area contributed by atoms with Gasteiger partial charge in [-0.25, -0.2) is 8.42 Å². The highest BCUT2D eigenvalue weighted by Gasteiger charge is 2.21. The number of ketones is 1. The Morgan fingerprint density at radius 1 is 0.875 bits per heavy atom. The summed E-state index contributed by atoms with van der Waals surface area (Å²) in [6, 6.07) is 17.2. The summed E-state index contributed by atoms with van der Waals surface area (Å²) in [5.74, 6) is 0.467. The Kier molecular flexibility index (Phi) is 6.46. The van der Waals surface area contributed by atoms with Crippen molar-refractivity contribution in [3.8, 4) is 5.75 Å². The van der Waals surface area contributed by atoms with Gasteiger partial charge in [-0.15, -0.1) is 0 Å². The largest absolute Gasteiger partial charge is 0.496 e. The number of nitrogens with one attached hydrogen (secondary N) is 1. The molecule has 6 heteroatoms. The highest BCUT2D eigenvalue weighted by atomic mass is 32.2. The van der Waals surface area contributed by atoms with Crippen molar-refractivity contribution in [1.29, 1.82) is 0 Å². The number of carbonyl (C=O) groups excluding carboxylic acids is 1. The number of methoxy groups -OCH3 is 1. The van der Waals surface area contributed by atoms with E-state index in [1.165, 1.54) is 6.07 Å². The van der Waals surface area contributed by atoms with Crippen molar-refractivity contribution < 1.29 is 17.9 Å². The lowest BCUT2D eigenvalue weighted by Crippen LogP contribution is -2.15. The molecule has 32 heavy (non-hydrogen) atoms. The predicted octanol–water partition coefficient (Wildman–Crippen LogP) is 5.64. The van der Waals surface area contributed by atoms with Crippen molar-refractivity contribution in [1.82, 2.24) is 0 Å². The van der Waals surface area contributed by atoms with Gasteiger partial charge in [0.15, 0.2) is 5.78 Å². The third-order valence-electron chi connectivity index (χ3n) is 5.59. The van der Waals surface area contributed by atoms with E-state index >= 15 is 0 Å². The fraction of sp³-hybridized carbons (Fsp3) is 0.269. The van der Waals surface area contributed by atoms with E-state index in [0.29, 0.717) is 28.1 Å². The molecule has 0 heterocycles. The molecule has 0 atom stereocenters. The van der Waals surface area contributed by atoms with E-state index in [9.17, 15) is 13.2 Å². The first-order chi connectivity index (χ1) is 14.9. The normalized spacial score (nSPS) is 11.8. The van der Waals surface area contributed by atoms with Gasteiger partial charge >= 0.3 is 0 Å². The Morgan fingerprint density at radius 3 is 2.12 bits per heavy atom. The average molecular weight is 452 g/mol. The van der Waals surface area contributed by atoms with Gasteiger partial charge < -0.3 is 4.74 Å². The van der Waals surface area contributed by atoms with E-state index < -0.39 is 10.0 Å². The van der Waals surface area contributed by atoms with Crippen LogP contribution in [0.5, 0.6) is 5.75 Å². The monoisotopic (exact) mass is 451 g/mol. The van der Waals surface area contributed by atoms with Crippen molar-refractivity contribution >= 4 is 21.5 Å². The van der Waals surface area contributed by atoms with Gasteiger partial charge in [0.1, 0.15) is 5.75 Å². The standard InChI is InChI=1S/C26H29NO4S/c1-17-18(2)24(15-14-23(17)31-6)32(29,30)27-22-9-7-8-20(16-22)25(28)19-10-12-21(13-11-19)26(3,4)5/h7-16,27H,1-6H3. The minimum Gasteiger partial charge on any atom is -0.496 e. The molecule has 0 aromatic heterocycles. The van der Waals surface area contributed by atoms with E-state index in [1.54, 1.807) is 44.4 Å². The predicted molar refractivity (Wildman–Crippen MR) is 128 cm³/mol. The molecule has 0 aliphatic rings. The van der Waals surface area contributed by atoms with E-state index in [-0.39, 0.29) is 16.1 Å². The van der Waals surface area contributed by atoms with Crippen LogP contribution in [0.1, 0.15) is 53.4 Å². The third-order valence-corrected chi connectivity index (χ3v) is 7.11. The van der Waals surface area contributed by atoms with E-state index in [0.717, 1.165) is 11.1 Å². The minimum absolute atomic E-state index is 0.00227. The van der Waals surface area contributed by atoms with Crippen LogP contribution in [0.2, 0.25) is 0 Å². The molecule has 0 amide bonds. The highest BCUT2D eigenvalue weighted by Crippen LogP contribution is 2.28. The summed E-state index contributed by atoms with van der Waals surface area (Å²) in [7, 11) is -2.29. The van der Waals surface area contributed by atoms with Gasteiger partial charge in [0.2, 0.25) is 0 Å². The number of hydrogen-bond acceptors (Lipinski definition) is 4. The number of sulfonamides is 1.